The summed E-state index contributed by atoms with van der Waals surface area (Å²) in [5.41, 5.74) is 0.651. The summed E-state index contributed by atoms with van der Waals surface area (Å²) < 4.78 is 0. The van der Waals surface area contributed by atoms with Crippen LogP contribution in [0.4, 0.5) is 5.69 Å². The quantitative estimate of drug-likeness (QED) is 0.503. The van der Waals surface area contributed by atoms with Gasteiger partial charge in [0.1, 0.15) is 0 Å². The second-order valence-corrected chi connectivity index (χ2v) is 5.31. The summed E-state index contributed by atoms with van der Waals surface area (Å²) >= 11 is 11.0. The van der Waals surface area contributed by atoms with E-state index in [-0.39, 0.29) is 28.3 Å². The molecule has 0 atom stereocenters. The van der Waals surface area contributed by atoms with Crippen molar-refractivity contribution in [1.29, 1.82) is 0 Å². The highest BCUT2D eigenvalue weighted by Gasteiger charge is 2.17. The normalized spacial score (nSPS) is 9.96. The number of hydrogen-bond acceptors (Lipinski definition) is 4. The number of rotatable bonds is 4. The molecular weight excluding hydrogens is 338 g/mol. The Kier molecular flexibility index (Phi) is 5.61. The summed E-state index contributed by atoms with van der Waals surface area (Å²) in [4.78, 5) is 22.4. The van der Waals surface area contributed by atoms with Crippen LogP contribution in [0.1, 0.15) is 15.9 Å². The molecule has 0 aliphatic carbocycles. The van der Waals surface area contributed by atoms with Gasteiger partial charge in [-0.15, -0.1) is 0 Å². The predicted octanol–water partition coefficient (Wildman–Crippen LogP) is 3.05. The first-order valence-corrected chi connectivity index (χ1v) is 7.33. The summed E-state index contributed by atoms with van der Waals surface area (Å²) in [6, 6.07) is 13.0. The first-order valence-electron chi connectivity index (χ1n) is 6.55. The molecule has 0 radical (unpaired) electrons. The molecule has 2 N–H and O–H groups in total. The molecule has 0 aliphatic rings. The number of thiocarbonyl (C=S) groups is 1. The van der Waals surface area contributed by atoms with Crippen LogP contribution in [0, 0.1) is 10.1 Å². The average Bonchev–Trinajstić information content (AvgIpc) is 2.54. The minimum Gasteiger partial charge on any atom is -0.358 e. The number of nitro groups is 1. The van der Waals surface area contributed by atoms with Gasteiger partial charge in [0.05, 0.1) is 22.1 Å². The second kappa shape index (κ2) is 7.66. The maximum atomic E-state index is 11.9. The van der Waals surface area contributed by atoms with Crippen molar-refractivity contribution >= 4 is 40.5 Å². The highest BCUT2D eigenvalue weighted by molar-refractivity contribution is 7.80. The van der Waals surface area contributed by atoms with Crippen molar-refractivity contribution in [2.24, 2.45) is 0 Å². The molecule has 0 spiro atoms. The first kappa shape index (κ1) is 16.9. The molecule has 0 unspecified atom stereocenters. The third-order valence-electron chi connectivity index (χ3n) is 2.98. The summed E-state index contributed by atoms with van der Waals surface area (Å²) in [6.45, 7) is 0.0316. The summed E-state index contributed by atoms with van der Waals surface area (Å²) in [5, 5.41) is 16.6. The van der Waals surface area contributed by atoms with Crippen LogP contribution in [0.2, 0.25) is 5.02 Å². The van der Waals surface area contributed by atoms with E-state index in [1.165, 1.54) is 12.1 Å². The van der Waals surface area contributed by atoms with Crippen LogP contribution < -0.4 is 10.6 Å². The zero-order chi connectivity index (χ0) is 16.8. The van der Waals surface area contributed by atoms with Gasteiger partial charge in [0.25, 0.3) is 11.6 Å². The van der Waals surface area contributed by atoms with Crippen LogP contribution >= 0.6 is 23.8 Å². The zero-order valence-electron chi connectivity index (χ0n) is 11.8. The minimum atomic E-state index is -0.519. The van der Waals surface area contributed by atoms with Gasteiger partial charge in [-0.05, 0) is 30.4 Å². The number of nitro benzene ring substituents is 1. The van der Waals surface area contributed by atoms with E-state index >= 15 is 0 Å². The summed E-state index contributed by atoms with van der Waals surface area (Å²) in [5.74, 6) is -0.364. The molecule has 8 heteroatoms. The molecule has 118 valence electrons. The molecule has 0 saturated heterocycles. The fourth-order valence-corrected chi connectivity index (χ4v) is 2.27. The molecule has 0 aliphatic heterocycles. The Morgan fingerprint density at radius 3 is 2.52 bits per heavy atom. The Labute approximate surface area is 142 Å². The van der Waals surface area contributed by atoms with Crippen LogP contribution in [0.3, 0.4) is 0 Å². The number of carbonyl (C=O) groups is 1. The lowest BCUT2D eigenvalue weighted by Gasteiger charge is -2.10. The van der Waals surface area contributed by atoms with Gasteiger partial charge < -0.3 is 5.32 Å². The topological polar surface area (TPSA) is 84.3 Å². The molecule has 1 amide bonds. The minimum absolute atomic E-state index is 0.0316. The van der Waals surface area contributed by atoms with E-state index in [1.807, 2.05) is 0 Å². The molecule has 0 fully saturated rings. The van der Waals surface area contributed by atoms with Crippen molar-refractivity contribution in [3.63, 3.8) is 0 Å². The number of amides is 1. The average molecular weight is 350 g/mol. The van der Waals surface area contributed by atoms with Crippen molar-refractivity contribution in [3.05, 3.63) is 74.8 Å². The van der Waals surface area contributed by atoms with Gasteiger partial charge in [0, 0.05) is 11.6 Å². The SMILES string of the molecule is O=C(NC(=S)NCc1c(Cl)cccc1[N+](=O)[O-])c1ccccc1. The van der Waals surface area contributed by atoms with Crippen LogP contribution in [0.5, 0.6) is 0 Å². The van der Waals surface area contributed by atoms with Gasteiger partial charge in [-0.3, -0.25) is 20.2 Å². The molecule has 2 aromatic rings. The van der Waals surface area contributed by atoms with Crippen molar-refractivity contribution < 1.29 is 9.72 Å². The van der Waals surface area contributed by atoms with E-state index < -0.39 is 4.92 Å². The van der Waals surface area contributed by atoms with E-state index in [9.17, 15) is 14.9 Å². The lowest BCUT2D eigenvalue weighted by Crippen LogP contribution is -2.38. The Bertz CT molecular complexity index is 753. The Morgan fingerprint density at radius 1 is 1.17 bits per heavy atom. The third kappa shape index (κ3) is 4.48. The van der Waals surface area contributed by atoms with E-state index in [0.717, 1.165) is 0 Å². The highest BCUT2D eigenvalue weighted by atomic mass is 35.5. The smallest absolute Gasteiger partial charge is 0.275 e. The van der Waals surface area contributed by atoms with Gasteiger partial charge in [-0.1, -0.05) is 35.9 Å². The van der Waals surface area contributed by atoms with Crippen LogP contribution in [-0.2, 0) is 6.54 Å². The molecule has 6 nitrogen and oxygen atoms in total. The molecule has 0 bridgehead atoms. The molecule has 0 aromatic heterocycles. The molecule has 2 rings (SSSR count). The van der Waals surface area contributed by atoms with Crippen molar-refractivity contribution in [2.75, 3.05) is 0 Å². The van der Waals surface area contributed by atoms with E-state index in [0.29, 0.717) is 11.1 Å². The Hall–Kier alpha value is -2.51. The maximum Gasteiger partial charge on any atom is 0.275 e. The molecule has 0 saturated carbocycles. The standard InChI is InChI=1S/C15H12ClN3O3S/c16-12-7-4-8-13(19(21)22)11(12)9-17-15(23)18-14(20)10-5-2-1-3-6-10/h1-8H,9H2,(H2,17,18,20,23). The number of benzene rings is 2. The number of nitrogens with one attached hydrogen (secondary N) is 2. The monoisotopic (exact) mass is 349 g/mol. The highest BCUT2D eigenvalue weighted by Crippen LogP contribution is 2.25. The largest absolute Gasteiger partial charge is 0.358 e. The van der Waals surface area contributed by atoms with Crippen molar-refractivity contribution in [2.45, 2.75) is 6.54 Å². The number of halogens is 1. The van der Waals surface area contributed by atoms with Gasteiger partial charge in [-0.2, -0.15) is 0 Å². The zero-order valence-corrected chi connectivity index (χ0v) is 13.4. The van der Waals surface area contributed by atoms with E-state index in [1.54, 1.807) is 36.4 Å². The van der Waals surface area contributed by atoms with E-state index in [4.69, 9.17) is 23.8 Å². The molecular formula is C15H12ClN3O3S. The van der Waals surface area contributed by atoms with Gasteiger partial charge >= 0.3 is 0 Å². The first-order chi connectivity index (χ1) is 11.0. The Morgan fingerprint density at radius 2 is 1.87 bits per heavy atom. The van der Waals surface area contributed by atoms with Crippen LogP contribution in [-0.4, -0.2) is 15.9 Å². The lowest BCUT2D eigenvalue weighted by atomic mass is 10.2. The Balaban J connectivity index is 2.00. The fourth-order valence-electron chi connectivity index (χ4n) is 1.87. The number of nitrogens with zero attached hydrogens (tertiary/aromatic N) is 1. The predicted molar refractivity (Wildman–Crippen MR) is 91.5 cm³/mol. The van der Waals surface area contributed by atoms with Gasteiger partial charge in [0.15, 0.2) is 5.11 Å². The fraction of sp³-hybridized carbons (Fsp3) is 0.0667. The van der Waals surface area contributed by atoms with Crippen LogP contribution in [0.15, 0.2) is 48.5 Å². The maximum absolute atomic E-state index is 11.9. The van der Waals surface area contributed by atoms with Gasteiger partial charge in [-0.25, -0.2) is 0 Å². The summed E-state index contributed by atoms with van der Waals surface area (Å²) in [6.07, 6.45) is 0. The van der Waals surface area contributed by atoms with E-state index in [2.05, 4.69) is 10.6 Å². The third-order valence-corrected chi connectivity index (χ3v) is 3.58. The molecule has 2 aromatic carbocycles. The number of carbonyl (C=O) groups excluding carboxylic acids is 1. The molecule has 23 heavy (non-hydrogen) atoms. The van der Waals surface area contributed by atoms with Crippen molar-refractivity contribution in [1.82, 2.24) is 10.6 Å². The second-order valence-electron chi connectivity index (χ2n) is 4.50. The summed E-state index contributed by atoms with van der Waals surface area (Å²) in [7, 11) is 0. The van der Waals surface area contributed by atoms with Crippen molar-refractivity contribution in [3.8, 4) is 0 Å². The van der Waals surface area contributed by atoms with Gasteiger partial charge in [0.2, 0.25) is 0 Å². The number of hydrogen-bond donors (Lipinski definition) is 2. The van der Waals surface area contributed by atoms with Crippen LogP contribution in [0.25, 0.3) is 0 Å². The lowest BCUT2D eigenvalue weighted by molar-refractivity contribution is -0.385. The molecule has 0 heterocycles.